The van der Waals surface area contributed by atoms with Crippen LogP contribution in [-0.2, 0) is 10.2 Å². The lowest BCUT2D eigenvalue weighted by Gasteiger charge is -2.21. The minimum Gasteiger partial charge on any atom is -0.438 e. The summed E-state index contributed by atoms with van der Waals surface area (Å²) in [4.78, 5) is 16.6. The van der Waals surface area contributed by atoms with Crippen molar-refractivity contribution in [2.24, 2.45) is 5.92 Å². The molecule has 0 aliphatic carbocycles. The summed E-state index contributed by atoms with van der Waals surface area (Å²) >= 11 is 12.0. The summed E-state index contributed by atoms with van der Waals surface area (Å²) in [5.41, 5.74) is 0.242. The number of benzene rings is 1. The Morgan fingerprint density at radius 3 is 2.53 bits per heavy atom. The number of rotatable bonds is 3. The summed E-state index contributed by atoms with van der Waals surface area (Å²) in [5.74, 6) is 0.343. The highest BCUT2D eigenvalue weighted by Crippen LogP contribution is 2.34. The molecule has 2 rings (SSSR count). The number of Topliss-reactive ketones (excluding diaryl/α,β-unsaturated/α-hetero) is 1. The molecule has 3 nitrogen and oxygen atoms in total. The van der Waals surface area contributed by atoms with Crippen LogP contribution in [0.3, 0.4) is 0 Å². The van der Waals surface area contributed by atoms with E-state index in [0.717, 1.165) is 0 Å². The highest BCUT2D eigenvalue weighted by Gasteiger charge is 2.36. The Labute approximate surface area is 121 Å². The maximum atomic E-state index is 12.2. The van der Waals surface area contributed by atoms with Crippen molar-refractivity contribution in [3.8, 4) is 0 Å². The summed E-state index contributed by atoms with van der Waals surface area (Å²) in [6.07, 6.45) is 0. The van der Waals surface area contributed by atoms with E-state index in [1.807, 2.05) is 13.8 Å². The van der Waals surface area contributed by atoms with E-state index in [9.17, 15) is 4.79 Å². The third-order valence-corrected chi connectivity index (χ3v) is 3.58. The van der Waals surface area contributed by atoms with E-state index in [4.69, 9.17) is 27.6 Å². The molecule has 0 amide bonds. The number of hydrogen-bond acceptors (Lipinski definition) is 3. The first kappa shape index (κ1) is 14.4. The second-order valence-corrected chi connectivity index (χ2v) is 6.24. The van der Waals surface area contributed by atoms with Gasteiger partial charge in [0.25, 0.3) is 0 Å². The topological polar surface area (TPSA) is 43.1 Å². The molecule has 0 spiro atoms. The van der Waals surface area contributed by atoms with Crippen LogP contribution in [0.4, 0.5) is 0 Å². The molecular formula is C14H15Cl2NO2. The molecule has 0 radical (unpaired) electrons. The fraction of sp³-hybridized carbons (Fsp3) is 0.429. The lowest BCUT2D eigenvalue weighted by Crippen LogP contribution is -2.32. The van der Waals surface area contributed by atoms with E-state index in [-0.39, 0.29) is 11.7 Å². The number of halogens is 2. The minimum atomic E-state index is -0.789. The van der Waals surface area contributed by atoms with Gasteiger partial charge in [0.2, 0.25) is 5.89 Å². The quantitative estimate of drug-likeness (QED) is 0.829. The van der Waals surface area contributed by atoms with Gasteiger partial charge in [-0.15, -0.1) is 0 Å². The number of hydrogen-bond donors (Lipinski definition) is 0. The first-order valence-corrected chi connectivity index (χ1v) is 6.79. The molecule has 2 aromatic rings. The number of ketones is 1. The smallest absolute Gasteiger partial charge is 0.208 e. The predicted octanol–water partition coefficient (Wildman–Crippen LogP) is 4.64. The molecule has 0 bridgehead atoms. The standard InChI is InChI=1S/C14H15Cl2NO2/c1-7(2)12(18)14(3,4)13-17-10-6-8(15)5-9(16)11(10)19-13/h5-7H,1-4H3. The van der Waals surface area contributed by atoms with Crippen molar-refractivity contribution in [1.82, 2.24) is 4.98 Å². The highest BCUT2D eigenvalue weighted by molar-refractivity contribution is 6.37. The Bertz CT molecular complexity index is 644. The third kappa shape index (κ3) is 2.49. The Balaban J connectivity index is 2.58. The van der Waals surface area contributed by atoms with Gasteiger partial charge in [-0.1, -0.05) is 37.0 Å². The van der Waals surface area contributed by atoms with E-state index < -0.39 is 5.41 Å². The van der Waals surface area contributed by atoms with E-state index in [2.05, 4.69) is 4.98 Å². The third-order valence-electron chi connectivity index (χ3n) is 3.08. The highest BCUT2D eigenvalue weighted by atomic mass is 35.5. The lowest BCUT2D eigenvalue weighted by atomic mass is 9.82. The van der Waals surface area contributed by atoms with Crippen molar-refractivity contribution in [3.05, 3.63) is 28.1 Å². The summed E-state index contributed by atoms with van der Waals surface area (Å²) in [5, 5.41) is 0.888. The predicted molar refractivity (Wildman–Crippen MR) is 76.9 cm³/mol. The Hall–Kier alpha value is -1.06. The molecule has 0 saturated carbocycles. The maximum absolute atomic E-state index is 12.2. The molecule has 1 heterocycles. The first-order valence-electron chi connectivity index (χ1n) is 6.04. The normalized spacial score (nSPS) is 12.4. The number of nitrogens with zero attached hydrogens (tertiary/aromatic N) is 1. The zero-order valence-corrected chi connectivity index (χ0v) is 12.8. The van der Waals surface area contributed by atoms with Crippen molar-refractivity contribution in [2.45, 2.75) is 33.1 Å². The van der Waals surface area contributed by atoms with E-state index in [1.165, 1.54) is 0 Å². The van der Waals surface area contributed by atoms with E-state index >= 15 is 0 Å². The van der Waals surface area contributed by atoms with Gasteiger partial charge in [-0.3, -0.25) is 4.79 Å². The van der Waals surface area contributed by atoms with Crippen molar-refractivity contribution < 1.29 is 9.21 Å². The Kier molecular flexibility index (Phi) is 3.63. The lowest BCUT2D eigenvalue weighted by molar-refractivity contribution is -0.127. The largest absolute Gasteiger partial charge is 0.438 e. The van der Waals surface area contributed by atoms with Crippen molar-refractivity contribution in [1.29, 1.82) is 0 Å². The van der Waals surface area contributed by atoms with Gasteiger partial charge in [0.1, 0.15) is 11.3 Å². The minimum absolute atomic E-state index is 0.0706. The number of fused-ring (bicyclic) bond motifs is 1. The second kappa shape index (κ2) is 4.80. The van der Waals surface area contributed by atoms with Crippen molar-refractivity contribution in [3.63, 3.8) is 0 Å². The average Bonchev–Trinajstić information content (AvgIpc) is 2.72. The van der Waals surface area contributed by atoms with Crippen LogP contribution in [0.2, 0.25) is 10.0 Å². The monoisotopic (exact) mass is 299 g/mol. The van der Waals surface area contributed by atoms with Crippen LogP contribution < -0.4 is 0 Å². The number of aromatic nitrogens is 1. The SMILES string of the molecule is CC(C)C(=O)C(C)(C)c1nc2cc(Cl)cc(Cl)c2o1. The summed E-state index contributed by atoms with van der Waals surface area (Å²) in [6.45, 7) is 7.32. The molecule has 0 aliphatic rings. The van der Waals surface area contributed by atoms with Gasteiger partial charge in [0.15, 0.2) is 5.58 Å². The van der Waals surface area contributed by atoms with Gasteiger partial charge < -0.3 is 4.42 Å². The second-order valence-electron chi connectivity index (χ2n) is 5.40. The molecule has 0 fully saturated rings. The van der Waals surface area contributed by atoms with Crippen molar-refractivity contribution in [2.75, 3.05) is 0 Å². The Morgan fingerprint density at radius 2 is 1.95 bits per heavy atom. The molecule has 1 aromatic heterocycles. The molecule has 0 unspecified atom stereocenters. The van der Waals surface area contributed by atoms with Crippen LogP contribution in [0.25, 0.3) is 11.1 Å². The van der Waals surface area contributed by atoms with Gasteiger partial charge in [0, 0.05) is 10.9 Å². The fourth-order valence-corrected chi connectivity index (χ4v) is 2.58. The van der Waals surface area contributed by atoms with Crippen LogP contribution in [0, 0.1) is 5.92 Å². The first-order chi connectivity index (χ1) is 8.73. The van der Waals surface area contributed by atoms with Crippen LogP contribution >= 0.6 is 23.2 Å². The maximum Gasteiger partial charge on any atom is 0.208 e. The molecule has 0 N–H and O–H groups in total. The average molecular weight is 300 g/mol. The van der Waals surface area contributed by atoms with Crippen LogP contribution in [0.1, 0.15) is 33.6 Å². The van der Waals surface area contributed by atoms with Gasteiger partial charge in [-0.05, 0) is 26.0 Å². The summed E-state index contributed by atoms with van der Waals surface area (Å²) < 4.78 is 5.67. The van der Waals surface area contributed by atoms with Gasteiger partial charge >= 0.3 is 0 Å². The molecule has 0 atom stereocenters. The molecule has 0 aliphatic heterocycles. The van der Waals surface area contributed by atoms with Crippen LogP contribution in [0.5, 0.6) is 0 Å². The van der Waals surface area contributed by atoms with E-state index in [0.29, 0.717) is 27.0 Å². The van der Waals surface area contributed by atoms with Gasteiger partial charge in [-0.2, -0.15) is 0 Å². The zero-order chi connectivity index (χ0) is 14.4. The van der Waals surface area contributed by atoms with Gasteiger partial charge in [-0.25, -0.2) is 4.98 Å². The van der Waals surface area contributed by atoms with Crippen LogP contribution in [-0.4, -0.2) is 10.8 Å². The molecular weight excluding hydrogens is 285 g/mol. The van der Waals surface area contributed by atoms with Crippen LogP contribution in [0.15, 0.2) is 16.5 Å². The molecule has 5 heteroatoms. The molecule has 19 heavy (non-hydrogen) atoms. The van der Waals surface area contributed by atoms with Crippen molar-refractivity contribution >= 4 is 40.1 Å². The number of oxazole rings is 1. The van der Waals surface area contributed by atoms with E-state index in [1.54, 1.807) is 26.0 Å². The molecule has 1 aromatic carbocycles. The molecule has 0 saturated heterocycles. The van der Waals surface area contributed by atoms with Gasteiger partial charge in [0.05, 0.1) is 10.4 Å². The Morgan fingerprint density at radius 1 is 1.32 bits per heavy atom. The fourth-order valence-electron chi connectivity index (χ4n) is 2.05. The zero-order valence-electron chi connectivity index (χ0n) is 11.3. The summed E-state index contributed by atoms with van der Waals surface area (Å²) in [6, 6.07) is 3.27. The molecule has 102 valence electrons. The number of carbonyl (C=O) groups is 1. The number of carbonyl (C=O) groups excluding carboxylic acids is 1. The summed E-state index contributed by atoms with van der Waals surface area (Å²) in [7, 11) is 0.